The summed E-state index contributed by atoms with van der Waals surface area (Å²) in [4.78, 5) is 18.4. The van der Waals surface area contributed by atoms with E-state index >= 15 is 0 Å². The molecule has 0 atom stereocenters. The lowest BCUT2D eigenvalue weighted by molar-refractivity contribution is -0.525. The van der Waals surface area contributed by atoms with Gasteiger partial charge in [-0.05, 0) is 18.1 Å². The van der Waals surface area contributed by atoms with Crippen molar-refractivity contribution in [2.24, 2.45) is 4.99 Å². The maximum Gasteiger partial charge on any atom is 0.254 e. The number of halogens is 2. The lowest BCUT2D eigenvalue weighted by Crippen LogP contribution is -2.41. The lowest BCUT2D eigenvalue weighted by Gasteiger charge is -2.06. The third-order valence-electron chi connectivity index (χ3n) is 2.01. The highest BCUT2D eigenvalue weighted by atomic mass is 35.5. The summed E-state index contributed by atoms with van der Waals surface area (Å²) in [6, 6.07) is 3.38. The highest BCUT2D eigenvalue weighted by molar-refractivity contribution is 6.29. The summed E-state index contributed by atoms with van der Waals surface area (Å²) in [5.74, 6) is 0.560. The molecule has 0 saturated carbocycles. The van der Waals surface area contributed by atoms with Gasteiger partial charge in [0.1, 0.15) is 5.15 Å². The van der Waals surface area contributed by atoms with Gasteiger partial charge in [0.2, 0.25) is 0 Å². The molecule has 0 radical (unpaired) electrons. The summed E-state index contributed by atoms with van der Waals surface area (Å²) < 4.78 is 0. The van der Waals surface area contributed by atoms with Gasteiger partial charge in [-0.15, -0.1) is 11.6 Å². The predicted octanol–water partition coefficient (Wildman–Crippen LogP) is 1.59. The molecule has 0 bridgehead atoms. The smallest absolute Gasteiger partial charge is 0.254 e. The van der Waals surface area contributed by atoms with Crippen LogP contribution in [-0.4, -0.2) is 28.4 Å². The summed E-state index contributed by atoms with van der Waals surface area (Å²) in [7, 11) is 0. The highest BCUT2D eigenvalue weighted by Crippen LogP contribution is 2.05. The van der Waals surface area contributed by atoms with Crippen LogP contribution in [0.15, 0.2) is 23.3 Å². The fourth-order valence-electron chi connectivity index (χ4n) is 1.16. The topological polar surface area (TPSA) is 92.5 Å². The van der Waals surface area contributed by atoms with E-state index < -0.39 is 5.03 Å². The van der Waals surface area contributed by atoms with E-state index in [1.54, 1.807) is 18.3 Å². The van der Waals surface area contributed by atoms with E-state index in [-0.39, 0.29) is 12.5 Å². The Balaban J connectivity index is 2.59. The third kappa shape index (κ3) is 6.78. The van der Waals surface area contributed by atoms with Crippen molar-refractivity contribution in [3.05, 3.63) is 39.2 Å². The second-order valence-corrected chi connectivity index (χ2v) is 4.26. The molecule has 0 unspecified atom stereocenters. The summed E-state index contributed by atoms with van der Waals surface area (Å²) >= 11 is 11.2. The standard InChI is InChI=1S/C10H13Cl2N5O2/c11-4-1-5-13-10(16-17(18)19)15-7-8-2-3-9(12)14-6-8/h2-3,6H,1,4-5,7H2,(H2,13,15,16). The molecule has 0 aliphatic carbocycles. The Kier molecular flexibility index (Phi) is 6.91. The predicted molar refractivity (Wildman–Crippen MR) is 73.9 cm³/mol. The number of aromatic nitrogens is 1. The largest absolute Gasteiger partial charge is 0.352 e. The van der Waals surface area contributed by atoms with E-state index in [0.717, 1.165) is 5.56 Å². The van der Waals surface area contributed by atoms with E-state index in [2.05, 4.69) is 15.3 Å². The van der Waals surface area contributed by atoms with Crippen LogP contribution in [0.4, 0.5) is 0 Å². The summed E-state index contributed by atoms with van der Waals surface area (Å²) in [5, 5.41) is 12.9. The number of hydrogen-bond acceptors (Lipinski definition) is 4. The molecule has 7 nitrogen and oxygen atoms in total. The summed E-state index contributed by atoms with van der Waals surface area (Å²) in [5.41, 5.74) is 2.79. The minimum Gasteiger partial charge on any atom is -0.352 e. The molecule has 0 aromatic carbocycles. The number of rotatable bonds is 6. The number of hydrazine groups is 1. The Hall–Kier alpha value is -1.60. The molecule has 0 spiro atoms. The molecule has 9 heteroatoms. The van der Waals surface area contributed by atoms with Gasteiger partial charge in [-0.2, -0.15) is 0 Å². The van der Waals surface area contributed by atoms with Crippen LogP contribution in [0.25, 0.3) is 0 Å². The fourth-order valence-corrected chi connectivity index (χ4v) is 1.41. The molecule has 1 aromatic rings. The normalized spacial score (nSPS) is 11.2. The average Bonchev–Trinajstić information content (AvgIpc) is 2.37. The molecule has 1 aromatic heterocycles. The van der Waals surface area contributed by atoms with E-state index in [1.807, 2.05) is 5.43 Å². The molecule has 0 aliphatic rings. The minimum absolute atomic E-state index is 0.0880. The highest BCUT2D eigenvalue weighted by Gasteiger charge is 2.04. The molecule has 1 heterocycles. The van der Waals surface area contributed by atoms with E-state index in [9.17, 15) is 10.1 Å². The molecule has 19 heavy (non-hydrogen) atoms. The zero-order valence-corrected chi connectivity index (χ0v) is 11.5. The molecule has 0 fully saturated rings. The number of nitrogens with zero attached hydrogens (tertiary/aromatic N) is 3. The van der Waals surface area contributed by atoms with Crippen LogP contribution < -0.4 is 10.7 Å². The number of aliphatic imine (C=N–C) groups is 1. The molecule has 0 amide bonds. The van der Waals surface area contributed by atoms with Crippen LogP contribution in [0.1, 0.15) is 12.0 Å². The third-order valence-corrected chi connectivity index (χ3v) is 2.50. The number of nitro groups is 1. The summed E-state index contributed by atoms with van der Waals surface area (Å²) in [6.45, 7) is 0.760. The molecule has 0 saturated heterocycles. The Bertz CT molecular complexity index is 438. The van der Waals surface area contributed by atoms with Crippen molar-refractivity contribution in [1.82, 2.24) is 15.7 Å². The van der Waals surface area contributed by atoms with Gasteiger partial charge in [-0.3, -0.25) is 0 Å². The molecular formula is C10H13Cl2N5O2. The zero-order chi connectivity index (χ0) is 14.1. The second-order valence-electron chi connectivity index (χ2n) is 3.49. The van der Waals surface area contributed by atoms with Gasteiger partial charge >= 0.3 is 0 Å². The Morgan fingerprint density at radius 1 is 1.53 bits per heavy atom. The number of hydrogen-bond donors (Lipinski definition) is 2. The quantitative estimate of drug-likeness (QED) is 0.158. The van der Waals surface area contributed by atoms with E-state index in [4.69, 9.17) is 23.2 Å². The Labute approximate surface area is 120 Å². The molecule has 104 valence electrons. The molecule has 1 rings (SSSR count). The fraction of sp³-hybridized carbons (Fsp3) is 0.400. The Morgan fingerprint density at radius 3 is 2.89 bits per heavy atom. The van der Waals surface area contributed by atoms with Crippen LogP contribution in [0.5, 0.6) is 0 Å². The van der Waals surface area contributed by atoms with E-state index in [0.29, 0.717) is 24.0 Å². The van der Waals surface area contributed by atoms with E-state index in [1.165, 1.54) is 0 Å². The van der Waals surface area contributed by atoms with Crippen LogP contribution in [0.2, 0.25) is 5.15 Å². The van der Waals surface area contributed by atoms with Crippen LogP contribution in [0, 0.1) is 10.1 Å². The van der Waals surface area contributed by atoms with Crippen molar-refractivity contribution in [3.8, 4) is 0 Å². The van der Waals surface area contributed by atoms with Gasteiger partial charge in [0.15, 0.2) is 5.03 Å². The van der Waals surface area contributed by atoms with Gasteiger partial charge in [0.05, 0.1) is 6.54 Å². The Morgan fingerprint density at radius 2 is 2.32 bits per heavy atom. The van der Waals surface area contributed by atoms with Crippen molar-refractivity contribution < 1.29 is 5.03 Å². The number of pyridine rings is 1. The molecule has 0 aliphatic heterocycles. The maximum atomic E-state index is 10.4. The van der Waals surface area contributed by atoms with Crippen molar-refractivity contribution in [2.45, 2.75) is 13.0 Å². The number of alkyl halides is 1. The first-order chi connectivity index (χ1) is 9.11. The zero-order valence-electron chi connectivity index (χ0n) is 9.97. The van der Waals surface area contributed by atoms with Gasteiger partial charge < -0.3 is 5.32 Å². The van der Waals surface area contributed by atoms with Crippen molar-refractivity contribution in [1.29, 1.82) is 0 Å². The first kappa shape index (κ1) is 15.5. The van der Waals surface area contributed by atoms with Gasteiger partial charge in [0.25, 0.3) is 5.96 Å². The maximum absolute atomic E-state index is 10.4. The first-order valence-corrected chi connectivity index (χ1v) is 6.39. The van der Waals surface area contributed by atoms with Crippen molar-refractivity contribution >= 4 is 29.2 Å². The molecule has 2 N–H and O–H groups in total. The number of nitrogens with one attached hydrogen (secondary N) is 2. The SMILES string of the molecule is O=[N+]([O-])NC(=NCc1ccc(Cl)nc1)NCCCCl. The number of guanidine groups is 1. The van der Waals surface area contributed by atoms with Crippen molar-refractivity contribution in [3.63, 3.8) is 0 Å². The van der Waals surface area contributed by atoms with Gasteiger partial charge in [-0.1, -0.05) is 23.1 Å². The van der Waals surface area contributed by atoms with Crippen molar-refractivity contribution in [2.75, 3.05) is 12.4 Å². The minimum atomic E-state index is -0.674. The monoisotopic (exact) mass is 305 g/mol. The van der Waals surface area contributed by atoms with Crippen LogP contribution >= 0.6 is 23.2 Å². The lowest BCUT2D eigenvalue weighted by atomic mass is 10.3. The van der Waals surface area contributed by atoms with Gasteiger partial charge in [-0.25, -0.2) is 20.1 Å². The van der Waals surface area contributed by atoms with Gasteiger partial charge in [0, 0.05) is 18.6 Å². The second kappa shape index (κ2) is 8.49. The average molecular weight is 306 g/mol. The summed E-state index contributed by atoms with van der Waals surface area (Å²) in [6.07, 6.45) is 2.25. The first-order valence-electron chi connectivity index (χ1n) is 5.47. The van der Waals surface area contributed by atoms with Crippen LogP contribution in [0.3, 0.4) is 0 Å². The molecular weight excluding hydrogens is 293 g/mol. The van der Waals surface area contributed by atoms with Crippen LogP contribution in [-0.2, 0) is 6.54 Å².